The topological polar surface area (TPSA) is 51.1 Å². The first-order chi connectivity index (χ1) is 13.8. The summed E-state index contributed by atoms with van der Waals surface area (Å²) in [6, 6.07) is 20.0. The number of hydrogen-bond acceptors (Lipinski definition) is 4. The van der Waals surface area contributed by atoms with Gasteiger partial charge in [0.1, 0.15) is 0 Å². The predicted molar refractivity (Wildman–Crippen MR) is 115 cm³/mol. The van der Waals surface area contributed by atoms with Gasteiger partial charge in [0.25, 0.3) is 0 Å². The molecule has 1 aliphatic heterocycles. The number of imidazole rings is 1. The molecule has 148 valence electrons. The minimum atomic E-state index is 0.428. The molecule has 28 heavy (non-hydrogen) atoms. The van der Waals surface area contributed by atoms with Crippen molar-refractivity contribution >= 4 is 17.0 Å². The van der Waals surface area contributed by atoms with Crippen LogP contribution in [0.5, 0.6) is 0 Å². The second-order valence-corrected chi connectivity index (χ2v) is 7.48. The zero-order valence-corrected chi connectivity index (χ0v) is 16.6. The molecule has 2 aromatic carbocycles. The van der Waals surface area contributed by atoms with Gasteiger partial charge >= 0.3 is 0 Å². The van der Waals surface area contributed by atoms with Gasteiger partial charge in [-0.1, -0.05) is 42.5 Å². The average Bonchev–Trinajstić information content (AvgIpc) is 3.06. The Bertz CT molecular complexity index is 877. The van der Waals surface area contributed by atoms with Crippen molar-refractivity contribution in [2.24, 2.45) is 0 Å². The third-order valence-electron chi connectivity index (χ3n) is 5.47. The fraction of sp³-hybridized carbons (Fsp3) is 0.435. The summed E-state index contributed by atoms with van der Waals surface area (Å²) >= 11 is 0. The highest BCUT2D eigenvalue weighted by Gasteiger charge is 2.23. The van der Waals surface area contributed by atoms with Crippen molar-refractivity contribution in [3.63, 3.8) is 0 Å². The summed E-state index contributed by atoms with van der Waals surface area (Å²) in [6.45, 7) is 5.33. The van der Waals surface area contributed by atoms with E-state index in [1.807, 2.05) is 13.0 Å². The predicted octanol–water partition coefficient (Wildman–Crippen LogP) is 3.85. The maximum Gasteiger partial charge on any atom is 0.204 e. The first kappa shape index (κ1) is 19.0. The molecule has 0 amide bonds. The molecule has 0 spiro atoms. The molecule has 5 heteroatoms. The van der Waals surface area contributed by atoms with E-state index in [1.54, 1.807) is 0 Å². The summed E-state index contributed by atoms with van der Waals surface area (Å²) in [5.74, 6) is 0.964. The zero-order valence-electron chi connectivity index (χ0n) is 16.6. The molecule has 3 aromatic rings. The lowest BCUT2D eigenvalue weighted by Gasteiger charge is -2.31. The molecule has 1 aliphatic rings. The molecule has 5 nitrogen and oxygen atoms in total. The lowest BCUT2D eigenvalue weighted by atomic mass is 9.94. The molecule has 0 saturated carbocycles. The van der Waals surface area contributed by atoms with Crippen molar-refractivity contribution < 1.29 is 4.74 Å². The highest BCUT2D eigenvalue weighted by atomic mass is 16.5. The highest BCUT2D eigenvalue weighted by Crippen LogP contribution is 2.23. The second-order valence-electron chi connectivity index (χ2n) is 7.48. The van der Waals surface area contributed by atoms with Gasteiger partial charge in [0.2, 0.25) is 5.95 Å². The summed E-state index contributed by atoms with van der Waals surface area (Å²) in [5, 5.41) is 7.42. The maximum absolute atomic E-state index is 5.60. The molecular formula is C23H30N4O. The molecule has 1 fully saturated rings. The molecule has 0 radical (unpaired) electrons. The Balaban J connectivity index is 1.46. The van der Waals surface area contributed by atoms with Gasteiger partial charge in [-0.15, -0.1) is 0 Å². The Morgan fingerprint density at radius 3 is 2.82 bits per heavy atom. The van der Waals surface area contributed by atoms with E-state index < -0.39 is 0 Å². The van der Waals surface area contributed by atoms with Gasteiger partial charge < -0.3 is 19.9 Å². The Labute approximate surface area is 167 Å². The van der Waals surface area contributed by atoms with Gasteiger partial charge in [-0.05, 0) is 50.4 Å². The van der Waals surface area contributed by atoms with Gasteiger partial charge in [-0.3, -0.25) is 0 Å². The summed E-state index contributed by atoms with van der Waals surface area (Å²) in [7, 11) is 0. The van der Waals surface area contributed by atoms with Crippen LogP contribution in [0.1, 0.15) is 25.3 Å². The number of para-hydroxylation sites is 2. The number of rotatable bonds is 8. The Kier molecular flexibility index (Phi) is 6.24. The van der Waals surface area contributed by atoms with E-state index >= 15 is 0 Å². The molecule has 0 aliphatic carbocycles. The Morgan fingerprint density at radius 1 is 1.14 bits per heavy atom. The van der Waals surface area contributed by atoms with Crippen molar-refractivity contribution in [1.82, 2.24) is 14.9 Å². The molecule has 2 N–H and O–H groups in total. The first-order valence-electron chi connectivity index (χ1n) is 10.4. The van der Waals surface area contributed by atoms with E-state index in [9.17, 15) is 0 Å². The number of nitrogens with zero attached hydrogens (tertiary/aromatic N) is 2. The molecule has 4 rings (SSSR count). The highest BCUT2D eigenvalue weighted by molar-refractivity contribution is 5.78. The third kappa shape index (κ3) is 4.54. The van der Waals surface area contributed by atoms with Crippen LogP contribution in [-0.2, 0) is 17.7 Å². The molecule has 0 unspecified atom stereocenters. The molecule has 0 bridgehead atoms. The summed E-state index contributed by atoms with van der Waals surface area (Å²) in [4.78, 5) is 4.87. The molecule has 2 atom stereocenters. The van der Waals surface area contributed by atoms with E-state index in [2.05, 4.69) is 63.7 Å². The van der Waals surface area contributed by atoms with Gasteiger partial charge in [0.05, 0.1) is 17.6 Å². The van der Waals surface area contributed by atoms with Crippen LogP contribution in [0, 0.1) is 0 Å². The van der Waals surface area contributed by atoms with Crippen molar-refractivity contribution in [1.29, 1.82) is 0 Å². The van der Waals surface area contributed by atoms with Crippen molar-refractivity contribution in [3.05, 3.63) is 60.2 Å². The molecule has 1 saturated heterocycles. The van der Waals surface area contributed by atoms with Crippen LogP contribution in [0.3, 0.4) is 0 Å². The van der Waals surface area contributed by atoms with E-state index in [0.29, 0.717) is 18.7 Å². The quantitative estimate of drug-likeness (QED) is 0.585. The van der Waals surface area contributed by atoms with E-state index in [0.717, 1.165) is 50.4 Å². The minimum absolute atomic E-state index is 0.428. The molecule has 2 heterocycles. The van der Waals surface area contributed by atoms with Crippen LogP contribution in [0.25, 0.3) is 11.0 Å². The molecule has 1 aromatic heterocycles. The normalized spacial score (nSPS) is 19.8. The smallest absolute Gasteiger partial charge is 0.204 e. The van der Waals surface area contributed by atoms with Crippen LogP contribution in [0.2, 0.25) is 0 Å². The van der Waals surface area contributed by atoms with Crippen molar-refractivity contribution in [2.75, 3.05) is 25.1 Å². The lowest BCUT2D eigenvalue weighted by Crippen LogP contribution is -2.44. The number of ether oxygens (including phenoxy) is 1. The SMILES string of the molecule is CCOCCn1c(N[C@@H]2CCN[C@@H](Cc3ccccc3)C2)nc2ccccc21. The van der Waals surface area contributed by atoms with Gasteiger partial charge in [-0.2, -0.15) is 0 Å². The number of hydrogen-bond donors (Lipinski definition) is 2. The number of nitrogens with one attached hydrogen (secondary N) is 2. The monoisotopic (exact) mass is 378 g/mol. The van der Waals surface area contributed by atoms with Crippen LogP contribution in [-0.4, -0.2) is 41.4 Å². The van der Waals surface area contributed by atoms with Crippen LogP contribution in [0.4, 0.5) is 5.95 Å². The zero-order chi connectivity index (χ0) is 19.2. The van der Waals surface area contributed by atoms with E-state index in [1.165, 1.54) is 11.1 Å². The summed E-state index contributed by atoms with van der Waals surface area (Å²) in [5.41, 5.74) is 3.60. The largest absolute Gasteiger partial charge is 0.380 e. The number of benzene rings is 2. The van der Waals surface area contributed by atoms with E-state index in [4.69, 9.17) is 9.72 Å². The van der Waals surface area contributed by atoms with Gasteiger partial charge in [0, 0.05) is 25.2 Å². The van der Waals surface area contributed by atoms with Crippen molar-refractivity contribution in [2.45, 2.75) is 44.8 Å². The van der Waals surface area contributed by atoms with Gasteiger partial charge in [-0.25, -0.2) is 4.98 Å². The van der Waals surface area contributed by atoms with Crippen LogP contribution >= 0.6 is 0 Å². The minimum Gasteiger partial charge on any atom is -0.380 e. The van der Waals surface area contributed by atoms with Crippen LogP contribution < -0.4 is 10.6 Å². The number of piperidine rings is 1. The number of anilines is 1. The lowest BCUT2D eigenvalue weighted by molar-refractivity contribution is 0.140. The van der Waals surface area contributed by atoms with Crippen molar-refractivity contribution in [3.8, 4) is 0 Å². The second kappa shape index (κ2) is 9.22. The van der Waals surface area contributed by atoms with Crippen LogP contribution in [0.15, 0.2) is 54.6 Å². The maximum atomic E-state index is 5.60. The standard InChI is InChI=1S/C23H30N4O/c1-2-28-15-14-27-22-11-7-6-10-21(22)26-23(27)25-19-12-13-24-20(17-19)16-18-8-4-3-5-9-18/h3-11,19-20,24H,2,12-17H2,1H3,(H,25,26)/t19-,20+/m1/s1. The molecular weight excluding hydrogens is 348 g/mol. The third-order valence-corrected chi connectivity index (χ3v) is 5.47. The Hall–Kier alpha value is -2.37. The fourth-order valence-corrected chi connectivity index (χ4v) is 4.09. The summed E-state index contributed by atoms with van der Waals surface area (Å²) < 4.78 is 7.86. The fourth-order valence-electron chi connectivity index (χ4n) is 4.09. The van der Waals surface area contributed by atoms with Gasteiger partial charge in [0.15, 0.2) is 0 Å². The Morgan fingerprint density at radius 2 is 1.96 bits per heavy atom. The number of fused-ring (bicyclic) bond motifs is 1. The average molecular weight is 379 g/mol. The number of aromatic nitrogens is 2. The van der Waals surface area contributed by atoms with E-state index in [-0.39, 0.29) is 0 Å². The first-order valence-corrected chi connectivity index (χ1v) is 10.4. The summed E-state index contributed by atoms with van der Waals surface area (Å²) in [6.07, 6.45) is 3.28.